The van der Waals surface area contributed by atoms with Crippen molar-refractivity contribution < 1.29 is 4.79 Å². The molecule has 5 nitrogen and oxygen atoms in total. The van der Waals surface area contributed by atoms with Crippen LogP contribution in [0.4, 0.5) is 11.4 Å². The lowest BCUT2D eigenvalue weighted by molar-refractivity contribution is -0.113. The Morgan fingerprint density at radius 2 is 1.80 bits per heavy atom. The Balaban J connectivity index is 1.54. The minimum atomic E-state index is -0.0551. The fourth-order valence-corrected chi connectivity index (χ4v) is 4.12. The number of amides is 1. The van der Waals surface area contributed by atoms with Gasteiger partial charge in [-0.3, -0.25) is 9.36 Å². The molecule has 0 bridgehead atoms. The van der Waals surface area contributed by atoms with E-state index >= 15 is 0 Å². The van der Waals surface area contributed by atoms with Crippen molar-refractivity contribution in [2.75, 3.05) is 30.1 Å². The van der Waals surface area contributed by atoms with E-state index in [1.165, 1.54) is 17.3 Å². The predicted octanol–water partition coefficient (Wildman–Crippen LogP) is 5.13. The summed E-state index contributed by atoms with van der Waals surface area (Å²) in [4.78, 5) is 19.3. The first kappa shape index (κ1) is 20.0. The van der Waals surface area contributed by atoms with Gasteiger partial charge in [0.1, 0.15) is 0 Å². The summed E-state index contributed by atoms with van der Waals surface area (Å²) in [6, 6.07) is 24.2. The molecule has 1 N–H and O–H groups in total. The average Bonchev–Trinajstić information content (AvgIpc) is 3.11. The van der Waals surface area contributed by atoms with E-state index in [9.17, 15) is 4.79 Å². The van der Waals surface area contributed by atoms with Crippen molar-refractivity contribution in [3.05, 3.63) is 78.4 Å². The molecule has 1 heterocycles. The molecule has 0 unspecified atom stereocenters. The second kappa shape index (κ2) is 8.63. The maximum atomic E-state index is 12.5. The predicted molar refractivity (Wildman–Crippen MR) is 126 cm³/mol. The van der Waals surface area contributed by atoms with Gasteiger partial charge in [-0.1, -0.05) is 36.0 Å². The van der Waals surface area contributed by atoms with Gasteiger partial charge in [-0.15, -0.1) is 0 Å². The third-order valence-electron chi connectivity index (χ3n) is 4.79. The number of thioether (sulfide) groups is 1. The van der Waals surface area contributed by atoms with Gasteiger partial charge in [-0.05, 0) is 61.0 Å². The summed E-state index contributed by atoms with van der Waals surface area (Å²) < 4.78 is 2.12. The number of hydrogen-bond acceptors (Lipinski definition) is 4. The van der Waals surface area contributed by atoms with E-state index in [1.807, 2.05) is 67.5 Å². The summed E-state index contributed by atoms with van der Waals surface area (Å²) in [5.74, 6) is 0.227. The first-order chi connectivity index (χ1) is 14.5. The lowest BCUT2D eigenvalue weighted by Crippen LogP contribution is -2.15. The van der Waals surface area contributed by atoms with Crippen LogP contribution in [-0.2, 0) is 4.79 Å². The van der Waals surface area contributed by atoms with E-state index in [2.05, 4.69) is 41.1 Å². The highest BCUT2D eigenvalue weighted by atomic mass is 32.2. The SMILES string of the molecule is Cc1cccc(-n2c(SCC(=O)Nc3ccc(N(C)C)cc3)nc3ccccc32)c1. The summed E-state index contributed by atoms with van der Waals surface area (Å²) in [5.41, 5.74) is 6.06. The molecule has 1 aromatic heterocycles. The van der Waals surface area contributed by atoms with Crippen LogP contribution >= 0.6 is 11.8 Å². The summed E-state index contributed by atoms with van der Waals surface area (Å²) in [6.45, 7) is 2.07. The summed E-state index contributed by atoms with van der Waals surface area (Å²) in [7, 11) is 3.98. The van der Waals surface area contributed by atoms with Crippen LogP contribution in [0.2, 0.25) is 0 Å². The molecule has 0 saturated heterocycles. The molecule has 0 aliphatic rings. The second-order valence-electron chi connectivity index (χ2n) is 7.34. The number of aromatic nitrogens is 2. The molecule has 4 rings (SSSR count). The Kier molecular flexibility index (Phi) is 5.77. The number of hydrogen-bond donors (Lipinski definition) is 1. The molecular formula is C24H24N4OS. The molecule has 3 aromatic carbocycles. The van der Waals surface area contributed by atoms with E-state index in [0.717, 1.165) is 33.3 Å². The number of para-hydroxylation sites is 2. The lowest BCUT2D eigenvalue weighted by atomic mass is 10.2. The molecule has 6 heteroatoms. The number of aryl methyl sites for hydroxylation is 1. The van der Waals surface area contributed by atoms with Gasteiger partial charge in [0, 0.05) is 31.2 Å². The van der Waals surface area contributed by atoms with Gasteiger partial charge >= 0.3 is 0 Å². The van der Waals surface area contributed by atoms with Gasteiger partial charge in [-0.2, -0.15) is 0 Å². The Morgan fingerprint density at radius 3 is 2.53 bits per heavy atom. The van der Waals surface area contributed by atoms with E-state index in [1.54, 1.807) is 0 Å². The number of imidazole rings is 1. The van der Waals surface area contributed by atoms with E-state index in [4.69, 9.17) is 4.98 Å². The maximum Gasteiger partial charge on any atom is 0.234 e. The summed E-state index contributed by atoms with van der Waals surface area (Å²) >= 11 is 1.44. The van der Waals surface area contributed by atoms with Crippen molar-refractivity contribution in [1.82, 2.24) is 9.55 Å². The second-order valence-corrected chi connectivity index (χ2v) is 8.28. The van der Waals surface area contributed by atoms with Crippen molar-refractivity contribution in [3.8, 4) is 5.69 Å². The topological polar surface area (TPSA) is 50.2 Å². The molecule has 0 spiro atoms. The highest BCUT2D eigenvalue weighted by Crippen LogP contribution is 2.28. The number of nitrogens with one attached hydrogen (secondary N) is 1. The van der Waals surface area contributed by atoms with Gasteiger partial charge < -0.3 is 10.2 Å². The summed E-state index contributed by atoms with van der Waals surface area (Å²) in [5, 5.41) is 3.77. The Labute approximate surface area is 180 Å². The fraction of sp³-hybridized carbons (Fsp3) is 0.167. The quantitative estimate of drug-likeness (QED) is 0.443. The molecule has 0 radical (unpaired) electrons. The first-order valence-corrected chi connectivity index (χ1v) is 10.7. The fourth-order valence-electron chi connectivity index (χ4n) is 3.29. The molecule has 0 saturated carbocycles. The molecular weight excluding hydrogens is 392 g/mol. The van der Waals surface area contributed by atoms with Crippen LogP contribution in [0.25, 0.3) is 16.7 Å². The first-order valence-electron chi connectivity index (χ1n) is 9.76. The highest BCUT2D eigenvalue weighted by molar-refractivity contribution is 7.99. The van der Waals surface area contributed by atoms with Crippen LogP contribution in [0, 0.1) is 6.92 Å². The molecule has 30 heavy (non-hydrogen) atoms. The van der Waals surface area contributed by atoms with E-state index < -0.39 is 0 Å². The van der Waals surface area contributed by atoms with Crippen LogP contribution in [0.1, 0.15) is 5.56 Å². The largest absolute Gasteiger partial charge is 0.378 e. The monoisotopic (exact) mass is 416 g/mol. The smallest absolute Gasteiger partial charge is 0.234 e. The van der Waals surface area contributed by atoms with Crippen LogP contribution in [0.3, 0.4) is 0 Å². The Bertz CT molecular complexity index is 1180. The molecule has 0 atom stereocenters. The molecule has 0 aliphatic carbocycles. The number of carbonyl (C=O) groups is 1. The Hall–Kier alpha value is -3.25. The number of nitrogens with zero attached hydrogens (tertiary/aromatic N) is 3. The van der Waals surface area contributed by atoms with Gasteiger partial charge in [0.25, 0.3) is 0 Å². The van der Waals surface area contributed by atoms with Crippen LogP contribution in [-0.4, -0.2) is 35.3 Å². The van der Waals surface area contributed by atoms with Crippen molar-refractivity contribution >= 4 is 40.1 Å². The number of fused-ring (bicyclic) bond motifs is 1. The minimum Gasteiger partial charge on any atom is -0.378 e. The van der Waals surface area contributed by atoms with Crippen molar-refractivity contribution in [1.29, 1.82) is 0 Å². The normalized spacial score (nSPS) is 10.9. The molecule has 0 aliphatic heterocycles. The van der Waals surface area contributed by atoms with Gasteiger partial charge in [-0.25, -0.2) is 4.98 Å². The van der Waals surface area contributed by atoms with Gasteiger partial charge in [0.15, 0.2) is 5.16 Å². The average molecular weight is 417 g/mol. The van der Waals surface area contributed by atoms with Crippen molar-refractivity contribution in [2.24, 2.45) is 0 Å². The summed E-state index contributed by atoms with van der Waals surface area (Å²) in [6.07, 6.45) is 0. The number of carbonyl (C=O) groups excluding carboxylic acids is 1. The molecule has 1 amide bonds. The third-order valence-corrected chi connectivity index (χ3v) is 5.73. The molecule has 0 fully saturated rings. The van der Waals surface area contributed by atoms with Crippen LogP contribution in [0.5, 0.6) is 0 Å². The number of rotatable bonds is 6. The van der Waals surface area contributed by atoms with Crippen LogP contribution < -0.4 is 10.2 Å². The van der Waals surface area contributed by atoms with Crippen molar-refractivity contribution in [3.63, 3.8) is 0 Å². The molecule has 152 valence electrons. The van der Waals surface area contributed by atoms with E-state index in [-0.39, 0.29) is 11.7 Å². The zero-order valence-corrected chi connectivity index (χ0v) is 18.1. The zero-order chi connectivity index (χ0) is 21.1. The number of benzene rings is 3. The third kappa shape index (κ3) is 4.33. The number of anilines is 2. The van der Waals surface area contributed by atoms with Crippen molar-refractivity contribution in [2.45, 2.75) is 12.1 Å². The highest BCUT2D eigenvalue weighted by Gasteiger charge is 2.14. The minimum absolute atomic E-state index is 0.0551. The standard InChI is InChI=1S/C24H24N4OS/c1-17-7-6-8-20(15-17)28-22-10-5-4-9-21(22)26-24(28)30-16-23(29)25-18-11-13-19(14-12-18)27(2)3/h4-15H,16H2,1-3H3,(H,25,29). The van der Waals surface area contributed by atoms with Gasteiger partial charge in [0.2, 0.25) is 5.91 Å². The van der Waals surface area contributed by atoms with E-state index in [0.29, 0.717) is 0 Å². The Morgan fingerprint density at radius 1 is 1.03 bits per heavy atom. The maximum absolute atomic E-state index is 12.5. The molecule has 4 aromatic rings. The van der Waals surface area contributed by atoms with Gasteiger partial charge in [0.05, 0.1) is 16.8 Å². The zero-order valence-electron chi connectivity index (χ0n) is 17.3. The van der Waals surface area contributed by atoms with Crippen LogP contribution in [0.15, 0.2) is 78.0 Å². The lowest BCUT2D eigenvalue weighted by Gasteiger charge is -2.13.